The Hall–Kier alpha value is -0.400. The molecule has 0 amide bonds. The fraction of sp³-hybridized carbons (Fsp3) is 0.143. The normalized spacial score (nSPS) is 9.90. The van der Waals surface area contributed by atoms with Gasteiger partial charge in [0.2, 0.25) is 0 Å². The van der Waals surface area contributed by atoms with E-state index in [1.54, 1.807) is 13.0 Å². The molecule has 0 aromatic heterocycles. The Labute approximate surface area is 69.2 Å². The average Bonchev–Trinajstić information content (AvgIpc) is 1.82. The van der Waals surface area contributed by atoms with Gasteiger partial charge in [0.1, 0.15) is 0 Å². The molecule has 0 aliphatic rings. The van der Waals surface area contributed by atoms with Crippen molar-refractivity contribution in [1.82, 2.24) is 0 Å². The third-order valence-electron chi connectivity index (χ3n) is 1.19. The van der Waals surface area contributed by atoms with Crippen LogP contribution in [-0.2, 0) is 5.11 Å². The zero-order valence-corrected chi connectivity index (χ0v) is 6.83. The first-order valence-corrected chi connectivity index (χ1v) is 3.49. The maximum Gasteiger partial charge on any atom is 0.200 e. The summed E-state index contributed by atoms with van der Waals surface area (Å²) >= 11 is 11.1. The molecule has 0 unspecified atom stereocenters. The lowest BCUT2D eigenvalue weighted by Crippen LogP contribution is -1.74. The van der Waals surface area contributed by atoms with Crippen molar-refractivity contribution in [2.24, 2.45) is 0 Å². The molecule has 0 bridgehead atoms. The summed E-state index contributed by atoms with van der Waals surface area (Å²) in [6.07, 6.45) is 0. The molecule has 53 valence electrons. The molecule has 0 heterocycles. The van der Waals surface area contributed by atoms with Crippen molar-refractivity contribution in [3.8, 4) is 5.75 Å². The second kappa shape index (κ2) is 2.69. The zero-order chi connectivity index (χ0) is 7.72. The van der Waals surface area contributed by atoms with Gasteiger partial charge in [0.15, 0.2) is 5.75 Å². The Morgan fingerprint density at radius 2 is 1.90 bits per heavy atom. The first kappa shape index (κ1) is 7.70. The summed E-state index contributed by atoms with van der Waals surface area (Å²) < 4.78 is 0. The number of halogens is 2. The van der Waals surface area contributed by atoms with Gasteiger partial charge in [-0.1, -0.05) is 23.2 Å². The van der Waals surface area contributed by atoms with Gasteiger partial charge in [-0.05, 0) is 24.6 Å². The van der Waals surface area contributed by atoms with Crippen molar-refractivity contribution in [2.75, 3.05) is 0 Å². The van der Waals surface area contributed by atoms with E-state index in [9.17, 15) is 5.11 Å². The maximum atomic E-state index is 10.9. The summed E-state index contributed by atoms with van der Waals surface area (Å²) in [6, 6.07) is 3.04. The van der Waals surface area contributed by atoms with Gasteiger partial charge in [-0.2, -0.15) is 0 Å². The van der Waals surface area contributed by atoms with Crippen LogP contribution in [0.4, 0.5) is 0 Å². The highest BCUT2D eigenvalue weighted by Gasteiger charge is 2.04. The van der Waals surface area contributed by atoms with E-state index < -0.39 is 0 Å². The van der Waals surface area contributed by atoms with E-state index in [-0.39, 0.29) is 10.8 Å². The second-order valence-corrected chi connectivity index (χ2v) is 2.88. The van der Waals surface area contributed by atoms with Crippen LogP contribution in [0.5, 0.6) is 5.75 Å². The molecule has 0 saturated heterocycles. The average molecular weight is 176 g/mol. The summed E-state index contributed by atoms with van der Waals surface area (Å²) in [5.41, 5.74) is 0.581. The van der Waals surface area contributed by atoms with Crippen molar-refractivity contribution in [3.05, 3.63) is 27.7 Å². The predicted molar refractivity (Wildman–Crippen MR) is 41.3 cm³/mol. The van der Waals surface area contributed by atoms with Crippen molar-refractivity contribution >= 4 is 23.2 Å². The van der Waals surface area contributed by atoms with Crippen LogP contribution in [0.1, 0.15) is 5.56 Å². The number of aryl methyl sites for hydroxylation is 1. The van der Waals surface area contributed by atoms with E-state index in [0.717, 1.165) is 0 Å². The predicted octanol–water partition coefficient (Wildman–Crippen LogP) is 3.45. The lowest BCUT2D eigenvalue weighted by Gasteiger charge is -1.97. The molecule has 0 aliphatic heterocycles. The first-order valence-electron chi connectivity index (χ1n) is 2.74. The number of rotatable bonds is 0. The fourth-order valence-electron chi connectivity index (χ4n) is 0.689. The number of benzene rings is 1. The van der Waals surface area contributed by atoms with E-state index >= 15 is 0 Å². The van der Waals surface area contributed by atoms with E-state index in [2.05, 4.69) is 0 Å². The van der Waals surface area contributed by atoms with Gasteiger partial charge in [0.05, 0.1) is 5.02 Å². The summed E-state index contributed by atoms with van der Waals surface area (Å²) in [7, 11) is 0. The minimum absolute atomic E-state index is 0.147. The van der Waals surface area contributed by atoms with Crippen LogP contribution in [0.2, 0.25) is 10.0 Å². The molecule has 0 saturated carbocycles. The van der Waals surface area contributed by atoms with Crippen LogP contribution >= 0.6 is 23.2 Å². The molecule has 1 aromatic carbocycles. The van der Waals surface area contributed by atoms with Gasteiger partial charge < -0.3 is 0 Å². The van der Waals surface area contributed by atoms with Gasteiger partial charge in [0.25, 0.3) is 0 Å². The van der Waals surface area contributed by atoms with Crippen molar-refractivity contribution in [1.29, 1.82) is 0 Å². The first-order chi connectivity index (χ1) is 4.61. The lowest BCUT2D eigenvalue weighted by molar-refractivity contribution is 0.352. The molecule has 0 N–H and O–H groups in total. The minimum atomic E-state index is -0.147. The smallest absolute Gasteiger partial charge is 0.200 e. The summed E-state index contributed by atoms with van der Waals surface area (Å²) in [5.74, 6) is -0.147. The Kier molecular flexibility index (Phi) is 2.07. The number of hydrogen-bond acceptors (Lipinski definition) is 0. The highest BCUT2D eigenvalue weighted by Crippen LogP contribution is 2.30. The van der Waals surface area contributed by atoms with Crippen LogP contribution < -0.4 is 0 Å². The van der Waals surface area contributed by atoms with E-state index in [1.165, 1.54) is 6.07 Å². The SMILES string of the molecule is Cc1cc(Cl)cc(Cl)c1[O]. The van der Waals surface area contributed by atoms with Crippen molar-refractivity contribution in [2.45, 2.75) is 6.92 Å². The third kappa shape index (κ3) is 1.36. The minimum Gasteiger partial charge on any atom is -0.288 e. The summed E-state index contributed by atoms with van der Waals surface area (Å²) in [6.45, 7) is 1.68. The molecule has 10 heavy (non-hydrogen) atoms. The summed E-state index contributed by atoms with van der Waals surface area (Å²) in [5, 5.41) is 11.6. The quantitative estimate of drug-likeness (QED) is 0.576. The molecular formula is C7H5Cl2O. The molecular weight excluding hydrogens is 171 g/mol. The highest BCUT2D eigenvalue weighted by atomic mass is 35.5. The van der Waals surface area contributed by atoms with Crippen LogP contribution in [0, 0.1) is 6.92 Å². The molecule has 1 nitrogen and oxygen atoms in total. The Morgan fingerprint density at radius 1 is 1.30 bits per heavy atom. The molecule has 0 aliphatic carbocycles. The van der Waals surface area contributed by atoms with E-state index in [0.29, 0.717) is 10.6 Å². The number of hydrogen-bond donors (Lipinski definition) is 0. The van der Waals surface area contributed by atoms with Crippen LogP contribution in [0.3, 0.4) is 0 Å². The summed E-state index contributed by atoms with van der Waals surface area (Å²) in [4.78, 5) is 0. The second-order valence-electron chi connectivity index (χ2n) is 2.03. The molecule has 3 heteroatoms. The Bertz CT molecular complexity index is 235. The molecule has 0 atom stereocenters. The standard InChI is InChI=1S/C7H5Cl2O/c1-4-2-5(8)3-6(9)7(4)10/h2-3H,1H3. The highest BCUT2D eigenvalue weighted by molar-refractivity contribution is 6.35. The van der Waals surface area contributed by atoms with Crippen LogP contribution in [0.15, 0.2) is 12.1 Å². The van der Waals surface area contributed by atoms with Gasteiger partial charge >= 0.3 is 0 Å². The molecule has 0 fully saturated rings. The third-order valence-corrected chi connectivity index (χ3v) is 1.69. The van der Waals surface area contributed by atoms with Gasteiger partial charge in [0, 0.05) is 5.02 Å². The van der Waals surface area contributed by atoms with Crippen LogP contribution in [0.25, 0.3) is 0 Å². The van der Waals surface area contributed by atoms with Crippen molar-refractivity contribution in [3.63, 3.8) is 0 Å². The monoisotopic (exact) mass is 175 g/mol. The zero-order valence-electron chi connectivity index (χ0n) is 5.32. The topological polar surface area (TPSA) is 19.9 Å². The molecule has 0 spiro atoms. The van der Waals surface area contributed by atoms with Gasteiger partial charge in [-0.3, -0.25) is 5.11 Å². The van der Waals surface area contributed by atoms with E-state index in [1.807, 2.05) is 0 Å². The Morgan fingerprint density at radius 3 is 2.40 bits per heavy atom. The lowest BCUT2D eigenvalue weighted by atomic mass is 10.2. The van der Waals surface area contributed by atoms with Gasteiger partial charge in [-0.15, -0.1) is 0 Å². The van der Waals surface area contributed by atoms with Crippen molar-refractivity contribution < 1.29 is 5.11 Å². The molecule has 1 radical (unpaired) electrons. The maximum absolute atomic E-state index is 10.9. The van der Waals surface area contributed by atoms with E-state index in [4.69, 9.17) is 23.2 Å². The van der Waals surface area contributed by atoms with Crippen LogP contribution in [-0.4, -0.2) is 0 Å². The fourth-order valence-corrected chi connectivity index (χ4v) is 1.28. The van der Waals surface area contributed by atoms with Gasteiger partial charge in [-0.25, -0.2) is 0 Å². The molecule has 1 aromatic rings. The largest absolute Gasteiger partial charge is 0.288 e. The Balaban J connectivity index is 3.31. The molecule has 1 rings (SSSR count).